The van der Waals surface area contributed by atoms with Crippen molar-refractivity contribution in [2.75, 3.05) is 12.8 Å². The second-order valence-corrected chi connectivity index (χ2v) is 4.32. The largest absolute Gasteiger partial charge is 0.465 e. The highest BCUT2D eigenvalue weighted by molar-refractivity contribution is 7.22. The third-order valence-electron chi connectivity index (χ3n) is 1.89. The van der Waals surface area contributed by atoms with Crippen LogP contribution in [0.3, 0.4) is 0 Å². The molecule has 0 atom stereocenters. The zero-order chi connectivity index (χ0) is 11.0. The highest BCUT2D eigenvalue weighted by atomic mass is 35.5. The second kappa shape index (κ2) is 3.67. The van der Waals surface area contributed by atoms with Gasteiger partial charge in [-0.05, 0) is 12.1 Å². The van der Waals surface area contributed by atoms with Gasteiger partial charge in [0.05, 0.1) is 22.4 Å². The molecule has 0 radical (unpaired) electrons. The Kier molecular flexibility index (Phi) is 2.50. The lowest BCUT2D eigenvalue weighted by atomic mass is 10.2. The van der Waals surface area contributed by atoms with E-state index in [2.05, 4.69) is 9.72 Å². The lowest BCUT2D eigenvalue weighted by Gasteiger charge is -1.99. The molecular weight excluding hydrogens is 236 g/mol. The van der Waals surface area contributed by atoms with E-state index in [9.17, 15) is 4.79 Å². The number of hydrogen-bond acceptors (Lipinski definition) is 5. The van der Waals surface area contributed by atoms with E-state index in [1.807, 2.05) is 0 Å². The Hall–Kier alpha value is -1.33. The molecular formula is C9H7ClN2O2S. The summed E-state index contributed by atoms with van der Waals surface area (Å²) in [5.74, 6) is -0.425. The molecule has 0 amide bonds. The number of benzene rings is 1. The van der Waals surface area contributed by atoms with Crippen molar-refractivity contribution in [2.45, 2.75) is 0 Å². The molecule has 6 heteroatoms. The summed E-state index contributed by atoms with van der Waals surface area (Å²) in [7, 11) is 1.32. The minimum atomic E-state index is -0.425. The molecule has 4 nitrogen and oxygen atoms in total. The Morgan fingerprint density at radius 3 is 3.00 bits per heavy atom. The van der Waals surface area contributed by atoms with Crippen LogP contribution < -0.4 is 5.73 Å². The van der Waals surface area contributed by atoms with Crippen molar-refractivity contribution in [3.05, 3.63) is 22.7 Å². The van der Waals surface area contributed by atoms with Crippen molar-refractivity contribution in [1.29, 1.82) is 0 Å². The molecule has 2 rings (SSSR count). The number of esters is 1. The fourth-order valence-corrected chi connectivity index (χ4v) is 2.36. The normalized spacial score (nSPS) is 10.5. The van der Waals surface area contributed by atoms with Crippen molar-refractivity contribution < 1.29 is 9.53 Å². The Morgan fingerprint density at radius 1 is 1.60 bits per heavy atom. The Morgan fingerprint density at radius 2 is 2.33 bits per heavy atom. The van der Waals surface area contributed by atoms with Crippen molar-refractivity contribution in [3.63, 3.8) is 0 Å². The van der Waals surface area contributed by atoms with Crippen LogP contribution in [0, 0.1) is 0 Å². The number of carbonyl (C=O) groups is 1. The third-order valence-corrected chi connectivity index (χ3v) is 3.01. The number of carbonyl (C=O) groups excluding carboxylic acids is 1. The molecule has 0 fully saturated rings. The van der Waals surface area contributed by atoms with E-state index >= 15 is 0 Å². The lowest BCUT2D eigenvalue weighted by Crippen LogP contribution is -2.00. The topological polar surface area (TPSA) is 65.2 Å². The maximum Gasteiger partial charge on any atom is 0.337 e. The number of nitrogens with zero attached hydrogens (tertiary/aromatic N) is 1. The molecule has 2 N–H and O–H groups in total. The average molecular weight is 243 g/mol. The molecule has 0 saturated carbocycles. The van der Waals surface area contributed by atoms with E-state index in [1.54, 1.807) is 6.07 Å². The minimum Gasteiger partial charge on any atom is -0.465 e. The molecule has 1 aromatic carbocycles. The van der Waals surface area contributed by atoms with Gasteiger partial charge in [0, 0.05) is 0 Å². The predicted octanol–water partition coefficient (Wildman–Crippen LogP) is 2.32. The van der Waals surface area contributed by atoms with Crippen LogP contribution >= 0.6 is 22.9 Å². The number of thiazole rings is 1. The zero-order valence-electron chi connectivity index (χ0n) is 7.78. The number of ether oxygens (including phenoxy) is 1. The van der Waals surface area contributed by atoms with Gasteiger partial charge < -0.3 is 10.5 Å². The predicted molar refractivity (Wildman–Crippen MR) is 60.4 cm³/mol. The van der Waals surface area contributed by atoms with Crippen LogP contribution in [0.15, 0.2) is 12.1 Å². The molecule has 0 aliphatic carbocycles. The van der Waals surface area contributed by atoms with Gasteiger partial charge in [-0.2, -0.15) is 0 Å². The number of halogens is 1. The van der Waals surface area contributed by atoms with E-state index in [0.29, 0.717) is 21.2 Å². The van der Waals surface area contributed by atoms with Gasteiger partial charge in [-0.1, -0.05) is 22.9 Å². The number of hydrogen-bond donors (Lipinski definition) is 1. The number of aromatic nitrogens is 1. The zero-order valence-corrected chi connectivity index (χ0v) is 9.35. The van der Waals surface area contributed by atoms with Gasteiger partial charge in [-0.25, -0.2) is 9.78 Å². The summed E-state index contributed by atoms with van der Waals surface area (Å²) in [5.41, 5.74) is 6.57. The summed E-state index contributed by atoms with van der Waals surface area (Å²) >= 11 is 7.24. The molecule has 15 heavy (non-hydrogen) atoms. The first-order valence-corrected chi connectivity index (χ1v) is 5.25. The van der Waals surface area contributed by atoms with Crippen LogP contribution in [0.25, 0.3) is 10.2 Å². The fourth-order valence-electron chi connectivity index (χ4n) is 1.24. The van der Waals surface area contributed by atoms with E-state index in [1.165, 1.54) is 24.5 Å². The van der Waals surface area contributed by atoms with Crippen molar-refractivity contribution in [2.24, 2.45) is 0 Å². The number of methoxy groups -OCH3 is 1. The summed E-state index contributed by atoms with van der Waals surface area (Å²) in [6.45, 7) is 0. The molecule has 1 heterocycles. The maximum atomic E-state index is 11.3. The number of fused-ring (bicyclic) bond motifs is 1. The van der Waals surface area contributed by atoms with Crippen LogP contribution in [0.5, 0.6) is 0 Å². The first-order chi connectivity index (χ1) is 7.11. The van der Waals surface area contributed by atoms with Crippen LogP contribution in [-0.4, -0.2) is 18.1 Å². The first-order valence-electron chi connectivity index (χ1n) is 4.05. The molecule has 0 unspecified atom stereocenters. The molecule has 0 aliphatic rings. The highest BCUT2D eigenvalue weighted by Gasteiger charge is 2.12. The van der Waals surface area contributed by atoms with E-state index < -0.39 is 5.97 Å². The Bertz CT molecular complexity index is 538. The average Bonchev–Trinajstić information content (AvgIpc) is 2.58. The second-order valence-electron chi connectivity index (χ2n) is 2.85. The molecule has 0 aliphatic heterocycles. The Labute approximate surface area is 94.6 Å². The van der Waals surface area contributed by atoms with E-state index in [-0.39, 0.29) is 0 Å². The van der Waals surface area contributed by atoms with Gasteiger partial charge >= 0.3 is 5.97 Å². The van der Waals surface area contributed by atoms with Gasteiger partial charge in [-0.3, -0.25) is 0 Å². The summed E-state index contributed by atoms with van der Waals surface area (Å²) in [4.78, 5) is 15.3. The molecule has 2 aromatic rings. The van der Waals surface area contributed by atoms with Gasteiger partial charge in [0.2, 0.25) is 0 Å². The molecule has 78 valence electrons. The van der Waals surface area contributed by atoms with Crippen LogP contribution in [0.2, 0.25) is 5.02 Å². The SMILES string of the molecule is COC(=O)c1cc(Cl)c2nc(N)sc2c1. The van der Waals surface area contributed by atoms with Crippen molar-refractivity contribution in [1.82, 2.24) is 4.98 Å². The number of rotatable bonds is 1. The smallest absolute Gasteiger partial charge is 0.337 e. The third kappa shape index (κ3) is 1.75. The van der Waals surface area contributed by atoms with Gasteiger partial charge in [0.15, 0.2) is 5.13 Å². The molecule has 0 saturated heterocycles. The van der Waals surface area contributed by atoms with Crippen LogP contribution in [-0.2, 0) is 4.74 Å². The summed E-state index contributed by atoms with van der Waals surface area (Å²) < 4.78 is 5.38. The molecule has 0 spiro atoms. The van der Waals surface area contributed by atoms with Crippen molar-refractivity contribution >= 4 is 44.3 Å². The molecule has 0 bridgehead atoms. The summed E-state index contributed by atoms with van der Waals surface area (Å²) in [6.07, 6.45) is 0. The fraction of sp³-hybridized carbons (Fsp3) is 0.111. The van der Waals surface area contributed by atoms with Crippen LogP contribution in [0.1, 0.15) is 10.4 Å². The quantitative estimate of drug-likeness (QED) is 0.780. The van der Waals surface area contributed by atoms with E-state index in [4.69, 9.17) is 17.3 Å². The van der Waals surface area contributed by atoms with Gasteiger partial charge in [-0.15, -0.1) is 0 Å². The Balaban J connectivity index is 2.66. The van der Waals surface area contributed by atoms with Crippen LogP contribution in [0.4, 0.5) is 5.13 Å². The monoisotopic (exact) mass is 242 g/mol. The van der Waals surface area contributed by atoms with E-state index in [0.717, 1.165) is 4.70 Å². The minimum absolute atomic E-state index is 0.402. The summed E-state index contributed by atoms with van der Waals surface area (Å²) in [5, 5.41) is 0.828. The lowest BCUT2D eigenvalue weighted by molar-refractivity contribution is 0.0601. The molecule has 1 aromatic heterocycles. The number of anilines is 1. The van der Waals surface area contributed by atoms with Gasteiger partial charge in [0.25, 0.3) is 0 Å². The number of nitrogens with two attached hydrogens (primary N) is 1. The first kappa shape index (κ1) is 10.2. The highest BCUT2D eigenvalue weighted by Crippen LogP contribution is 2.30. The number of nitrogen functional groups attached to an aromatic ring is 1. The van der Waals surface area contributed by atoms with Gasteiger partial charge in [0.1, 0.15) is 5.52 Å². The standard InChI is InChI=1S/C9H7ClN2O2S/c1-14-8(13)4-2-5(10)7-6(3-4)15-9(11)12-7/h2-3H,1H3,(H2,11,12). The summed E-state index contributed by atoms with van der Waals surface area (Å²) in [6, 6.07) is 3.19. The van der Waals surface area contributed by atoms with Crippen molar-refractivity contribution in [3.8, 4) is 0 Å². The maximum absolute atomic E-state index is 11.3.